The van der Waals surface area contributed by atoms with Crippen molar-refractivity contribution >= 4 is 15.9 Å². The Hall–Kier alpha value is -2.49. The fourth-order valence-corrected chi connectivity index (χ4v) is 6.20. The average molecular weight is 504 g/mol. The van der Waals surface area contributed by atoms with E-state index >= 15 is 0 Å². The molecule has 2 aliphatic heterocycles. The molecule has 35 heavy (non-hydrogen) atoms. The fraction of sp³-hybridized carbons (Fsp3) is 0.500. The van der Waals surface area contributed by atoms with Crippen molar-refractivity contribution in [3.05, 3.63) is 59.4 Å². The van der Waals surface area contributed by atoms with Crippen LogP contribution in [0.15, 0.2) is 47.4 Å². The Balaban J connectivity index is 1.21. The lowest BCUT2D eigenvalue weighted by Gasteiger charge is -2.41. The molecule has 7 nitrogen and oxygen atoms in total. The Labute approximate surface area is 207 Å². The van der Waals surface area contributed by atoms with Gasteiger partial charge in [0.2, 0.25) is 15.9 Å². The maximum absolute atomic E-state index is 13.8. The van der Waals surface area contributed by atoms with E-state index in [-0.39, 0.29) is 29.3 Å². The summed E-state index contributed by atoms with van der Waals surface area (Å²) in [6.07, 6.45) is 3.40. The molecule has 2 saturated heterocycles. The number of nitrogens with zero attached hydrogens (tertiary/aromatic N) is 2. The molecule has 4 rings (SSSR count). The zero-order valence-electron chi connectivity index (χ0n) is 20.4. The Morgan fingerprint density at radius 1 is 1.03 bits per heavy atom. The van der Waals surface area contributed by atoms with Crippen LogP contribution in [-0.2, 0) is 14.8 Å². The van der Waals surface area contributed by atoms with Gasteiger partial charge >= 0.3 is 0 Å². The van der Waals surface area contributed by atoms with Gasteiger partial charge in [0.25, 0.3) is 0 Å². The summed E-state index contributed by atoms with van der Waals surface area (Å²) in [7, 11) is -3.75. The van der Waals surface area contributed by atoms with Crippen LogP contribution in [0.4, 0.5) is 4.39 Å². The molecule has 2 aromatic rings. The van der Waals surface area contributed by atoms with Crippen LogP contribution in [0.5, 0.6) is 5.75 Å². The number of halogens is 1. The summed E-state index contributed by atoms with van der Waals surface area (Å²) in [5.41, 5.74) is 1.51. The van der Waals surface area contributed by atoms with Crippen LogP contribution in [0.1, 0.15) is 36.8 Å². The third-order valence-electron chi connectivity index (χ3n) is 6.99. The molecule has 2 aromatic carbocycles. The van der Waals surface area contributed by atoms with Crippen molar-refractivity contribution in [2.24, 2.45) is 0 Å². The Bertz CT molecular complexity index is 1140. The van der Waals surface area contributed by atoms with Crippen LogP contribution in [-0.4, -0.2) is 69.0 Å². The smallest absolute Gasteiger partial charge is 0.241 e. The number of sulfonamides is 1. The third-order valence-corrected chi connectivity index (χ3v) is 8.53. The lowest BCUT2D eigenvalue weighted by molar-refractivity contribution is -0.131. The second kappa shape index (κ2) is 11.1. The number of nitrogens with one attached hydrogen (secondary N) is 1. The van der Waals surface area contributed by atoms with E-state index in [1.807, 2.05) is 13.0 Å². The predicted molar refractivity (Wildman–Crippen MR) is 132 cm³/mol. The minimum absolute atomic E-state index is 0.00915. The molecule has 2 fully saturated rings. The van der Waals surface area contributed by atoms with Crippen molar-refractivity contribution in [1.29, 1.82) is 0 Å². The van der Waals surface area contributed by atoms with Crippen LogP contribution in [0.3, 0.4) is 0 Å². The molecule has 2 heterocycles. The van der Waals surface area contributed by atoms with E-state index in [9.17, 15) is 17.6 Å². The fourth-order valence-electron chi connectivity index (χ4n) is 4.90. The quantitative estimate of drug-likeness (QED) is 0.628. The average Bonchev–Trinajstić information content (AvgIpc) is 2.86. The molecule has 9 heteroatoms. The number of aryl methyl sites for hydroxylation is 2. The number of hydrogen-bond donors (Lipinski definition) is 1. The second-order valence-corrected chi connectivity index (χ2v) is 11.2. The van der Waals surface area contributed by atoms with Crippen molar-refractivity contribution in [3.63, 3.8) is 0 Å². The highest BCUT2D eigenvalue weighted by Crippen LogP contribution is 2.25. The van der Waals surface area contributed by atoms with Gasteiger partial charge in [-0.25, -0.2) is 17.5 Å². The summed E-state index contributed by atoms with van der Waals surface area (Å²) in [5, 5.41) is 0. The van der Waals surface area contributed by atoms with Gasteiger partial charge in [-0.1, -0.05) is 24.3 Å². The van der Waals surface area contributed by atoms with E-state index in [1.54, 1.807) is 42.2 Å². The number of rotatable bonds is 7. The first-order chi connectivity index (χ1) is 16.7. The molecule has 0 spiro atoms. The number of carbonyl (C=O) groups is 1. The highest BCUT2D eigenvalue weighted by molar-refractivity contribution is 7.89. The van der Waals surface area contributed by atoms with Gasteiger partial charge in [0.1, 0.15) is 6.10 Å². The van der Waals surface area contributed by atoms with Gasteiger partial charge in [-0.05, 0) is 68.9 Å². The monoisotopic (exact) mass is 503 g/mol. The third kappa shape index (κ3) is 6.39. The molecule has 0 aromatic heterocycles. The number of para-hydroxylation sites is 1. The zero-order valence-corrected chi connectivity index (χ0v) is 21.2. The van der Waals surface area contributed by atoms with Gasteiger partial charge in [-0.2, -0.15) is 0 Å². The topological polar surface area (TPSA) is 79.0 Å². The number of amides is 1. The molecule has 0 unspecified atom stereocenters. The largest absolute Gasteiger partial charge is 0.487 e. The highest BCUT2D eigenvalue weighted by Gasteiger charge is 2.31. The molecule has 0 aliphatic carbocycles. The molecule has 0 saturated carbocycles. The number of hydrogen-bond acceptors (Lipinski definition) is 5. The molecule has 0 radical (unpaired) electrons. The van der Waals surface area contributed by atoms with Gasteiger partial charge in [0, 0.05) is 32.2 Å². The molecule has 1 amide bonds. The lowest BCUT2D eigenvalue weighted by atomic mass is 9.98. The minimum Gasteiger partial charge on any atom is -0.487 e. The van der Waals surface area contributed by atoms with Gasteiger partial charge in [0.05, 0.1) is 11.4 Å². The van der Waals surface area contributed by atoms with Crippen LogP contribution in [0.25, 0.3) is 0 Å². The van der Waals surface area contributed by atoms with Crippen molar-refractivity contribution in [2.45, 2.75) is 56.6 Å². The van der Waals surface area contributed by atoms with E-state index in [1.165, 1.54) is 6.07 Å². The number of piperidine rings is 2. The summed E-state index contributed by atoms with van der Waals surface area (Å²) < 4.78 is 47.6. The molecule has 1 N–H and O–H groups in total. The lowest BCUT2D eigenvalue weighted by Crippen LogP contribution is -2.51. The minimum atomic E-state index is -3.75. The Morgan fingerprint density at radius 3 is 2.40 bits per heavy atom. The molecule has 0 atom stereocenters. The van der Waals surface area contributed by atoms with Gasteiger partial charge in [-0.3, -0.25) is 9.69 Å². The van der Waals surface area contributed by atoms with Crippen LogP contribution < -0.4 is 9.46 Å². The van der Waals surface area contributed by atoms with Gasteiger partial charge < -0.3 is 9.64 Å². The Kier molecular flexibility index (Phi) is 8.09. The number of carbonyl (C=O) groups excluding carboxylic acids is 1. The van der Waals surface area contributed by atoms with Crippen LogP contribution >= 0.6 is 0 Å². The second-order valence-electron chi connectivity index (χ2n) is 9.49. The van der Waals surface area contributed by atoms with E-state index in [0.29, 0.717) is 30.4 Å². The molecule has 2 aliphatic rings. The SMILES string of the molecule is Cc1ccc(C)c(S(=O)(=O)NCC(=O)N2CCC(N3CCC(Oc4ccccc4F)CC3)CC2)c1. The molecular formula is C26H34FN3O4S. The summed E-state index contributed by atoms with van der Waals surface area (Å²) in [6.45, 7) is 6.34. The number of benzene rings is 2. The van der Waals surface area contributed by atoms with Crippen molar-refractivity contribution < 1.29 is 22.3 Å². The van der Waals surface area contributed by atoms with Gasteiger partial charge in [-0.15, -0.1) is 0 Å². The first-order valence-corrected chi connectivity index (χ1v) is 13.7. The number of ether oxygens (including phenoxy) is 1. The van der Waals surface area contributed by atoms with Crippen molar-refractivity contribution in [2.75, 3.05) is 32.7 Å². The maximum atomic E-state index is 13.8. The van der Waals surface area contributed by atoms with Crippen LogP contribution in [0.2, 0.25) is 0 Å². The standard InChI is InChI=1S/C26H34FN3O4S/c1-19-7-8-20(2)25(17-19)35(32,33)28-18-26(31)30-13-9-21(10-14-30)29-15-11-22(12-16-29)34-24-6-4-3-5-23(24)27/h3-8,17,21-22,28H,9-16,18H2,1-2H3. The van der Waals surface area contributed by atoms with Crippen molar-refractivity contribution in [1.82, 2.24) is 14.5 Å². The molecule has 190 valence electrons. The maximum Gasteiger partial charge on any atom is 0.241 e. The van der Waals surface area contributed by atoms with E-state index in [0.717, 1.165) is 44.3 Å². The predicted octanol–water partition coefficient (Wildman–Crippen LogP) is 3.26. The first-order valence-electron chi connectivity index (χ1n) is 12.2. The Morgan fingerprint density at radius 2 is 1.71 bits per heavy atom. The van der Waals surface area contributed by atoms with E-state index in [4.69, 9.17) is 4.74 Å². The number of likely N-dealkylation sites (tertiary alicyclic amines) is 2. The normalized spacial score (nSPS) is 18.5. The van der Waals surface area contributed by atoms with E-state index in [2.05, 4.69) is 9.62 Å². The summed E-state index contributed by atoms with van der Waals surface area (Å²) in [5.74, 6) is -0.219. The first kappa shape index (κ1) is 25.6. The summed E-state index contributed by atoms with van der Waals surface area (Å²) in [6, 6.07) is 12.1. The van der Waals surface area contributed by atoms with Crippen LogP contribution in [0, 0.1) is 19.7 Å². The zero-order chi connectivity index (χ0) is 25.0. The summed E-state index contributed by atoms with van der Waals surface area (Å²) >= 11 is 0. The molecule has 0 bridgehead atoms. The highest BCUT2D eigenvalue weighted by atomic mass is 32.2. The van der Waals surface area contributed by atoms with E-state index < -0.39 is 10.0 Å². The van der Waals surface area contributed by atoms with Crippen molar-refractivity contribution in [3.8, 4) is 5.75 Å². The summed E-state index contributed by atoms with van der Waals surface area (Å²) in [4.78, 5) is 17.1. The van der Waals surface area contributed by atoms with Gasteiger partial charge in [0.15, 0.2) is 11.6 Å². The molecular weight excluding hydrogens is 469 g/mol.